The first-order valence-electron chi connectivity index (χ1n) is 7.44. The Balaban J connectivity index is 2.29. The van der Waals surface area contributed by atoms with Crippen LogP contribution >= 0.6 is 46.4 Å². The predicted octanol–water partition coefficient (Wildman–Crippen LogP) is 7.10. The second-order valence-electron chi connectivity index (χ2n) is 6.27. The molecule has 3 nitrogen and oxygen atoms in total. The Kier molecular flexibility index (Phi) is 6.79. The molecule has 0 saturated carbocycles. The third kappa shape index (κ3) is 5.11. The summed E-state index contributed by atoms with van der Waals surface area (Å²) in [6.07, 6.45) is 0. The van der Waals surface area contributed by atoms with Crippen molar-refractivity contribution in [2.45, 2.75) is 26.2 Å². The molecule has 0 radical (unpaired) electrons. The molecule has 0 amide bonds. The SMILES string of the molecule is COc1ccc(COc2c(Cl)c(Cl)c(O[Si](C)(C)C)c(Cl)c2Cl)cc1. The molecule has 8 heteroatoms. The van der Waals surface area contributed by atoms with Gasteiger partial charge in [-0.25, -0.2) is 0 Å². The summed E-state index contributed by atoms with van der Waals surface area (Å²) in [7, 11) is -0.333. The minimum Gasteiger partial charge on any atom is -0.542 e. The van der Waals surface area contributed by atoms with E-state index in [0.717, 1.165) is 11.3 Å². The van der Waals surface area contributed by atoms with Gasteiger partial charge in [-0.05, 0) is 37.3 Å². The highest BCUT2D eigenvalue weighted by Crippen LogP contribution is 2.50. The molecule has 0 unspecified atom stereocenters. The monoisotopic (exact) mass is 438 g/mol. The summed E-state index contributed by atoms with van der Waals surface area (Å²) in [4.78, 5) is 0. The first kappa shape index (κ1) is 20.5. The van der Waals surface area contributed by atoms with Crippen molar-refractivity contribution in [3.63, 3.8) is 0 Å². The molecule has 0 fully saturated rings. The maximum absolute atomic E-state index is 6.33. The average Bonchev–Trinajstić information content (AvgIpc) is 2.56. The summed E-state index contributed by atoms with van der Waals surface area (Å²) in [5.74, 6) is 1.30. The first-order chi connectivity index (χ1) is 11.6. The fourth-order valence-electron chi connectivity index (χ4n) is 1.99. The largest absolute Gasteiger partial charge is 0.542 e. The van der Waals surface area contributed by atoms with Crippen LogP contribution in [0, 0.1) is 0 Å². The lowest BCUT2D eigenvalue weighted by Crippen LogP contribution is -2.29. The van der Waals surface area contributed by atoms with Crippen molar-refractivity contribution in [2.75, 3.05) is 7.11 Å². The number of halogens is 4. The van der Waals surface area contributed by atoms with E-state index in [1.807, 2.05) is 43.9 Å². The van der Waals surface area contributed by atoms with Gasteiger partial charge >= 0.3 is 0 Å². The number of hydrogen-bond donors (Lipinski definition) is 0. The van der Waals surface area contributed by atoms with Crippen molar-refractivity contribution in [2.24, 2.45) is 0 Å². The third-order valence-electron chi connectivity index (χ3n) is 3.13. The topological polar surface area (TPSA) is 27.7 Å². The van der Waals surface area contributed by atoms with Crippen molar-refractivity contribution in [1.29, 1.82) is 0 Å². The third-order valence-corrected chi connectivity index (χ3v) is 5.59. The van der Waals surface area contributed by atoms with Crippen LogP contribution in [0.5, 0.6) is 17.2 Å². The predicted molar refractivity (Wildman–Crippen MR) is 108 cm³/mol. The maximum atomic E-state index is 6.33. The van der Waals surface area contributed by atoms with Crippen LogP contribution in [-0.2, 0) is 6.61 Å². The maximum Gasteiger partial charge on any atom is 0.242 e. The summed E-state index contributed by atoms with van der Waals surface area (Å²) < 4.78 is 16.8. The molecule has 0 aliphatic carbocycles. The van der Waals surface area contributed by atoms with Gasteiger partial charge in [0, 0.05) is 0 Å². The molecule has 0 aliphatic heterocycles. The van der Waals surface area contributed by atoms with Crippen molar-refractivity contribution >= 4 is 54.7 Å². The van der Waals surface area contributed by atoms with Gasteiger partial charge in [-0.2, -0.15) is 0 Å². The second kappa shape index (κ2) is 8.27. The van der Waals surface area contributed by atoms with Crippen LogP contribution in [0.3, 0.4) is 0 Å². The highest BCUT2D eigenvalue weighted by molar-refractivity contribution is 6.70. The molecule has 2 aromatic carbocycles. The molecule has 136 valence electrons. The zero-order chi connectivity index (χ0) is 18.8. The molecule has 0 aromatic heterocycles. The van der Waals surface area contributed by atoms with Crippen molar-refractivity contribution < 1.29 is 13.9 Å². The lowest BCUT2D eigenvalue weighted by atomic mass is 10.2. The lowest BCUT2D eigenvalue weighted by Gasteiger charge is -2.23. The van der Waals surface area contributed by atoms with Crippen LogP contribution < -0.4 is 13.9 Å². The second-order valence-corrected chi connectivity index (χ2v) is 12.2. The normalized spacial score (nSPS) is 11.4. The van der Waals surface area contributed by atoms with Gasteiger partial charge in [-0.15, -0.1) is 0 Å². The minimum absolute atomic E-state index is 0.179. The molecule has 0 aliphatic rings. The fraction of sp³-hybridized carbons (Fsp3) is 0.294. The molecular weight excluding hydrogens is 422 g/mol. The van der Waals surface area contributed by atoms with E-state index >= 15 is 0 Å². The highest BCUT2D eigenvalue weighted by atomic mass is 35.5. The van der Waals surface area contributed by atoms with Gasteiger partial charge in [-0.3, -0.25) is 0 Å². The fourth-order valence-corrected chi connectivity index (χ4v) is 3.94. The van der Waals surface area contributed by atoms with Crippen molar-refractivity contribution in [1.82, 2.24) is 0 Å². The number of rotatable bonds is 6. The summed E-state index contributed by atoms with van der Waals surface area (Å²) in [6.45, 7) is 6.28. The number of ether oxygens (including phenoxy) is 2. The lowest BCUT2D eigenvalue weighted by molar-refractivity contribution is 0.306. The van der Waals surface area contributed by atoms with Gasteiger partial charge in [0.15, 0.2) is 5.75 Å². The molecule has 2 aromatic rings. The van der Waals surface area contributed by atoms with E-state index in [-0.39, 0.29) is 32.4 Å². The van der Waals surface area contributed by atoms with Gasteiger partial charge < -0.3 is 13.9 Å². The Bertz CT molecular complexity index is 729. The molecule has 0 N–H and O–H groups in total. The van der Waals surface area contributed by atoms with E-state index in [1.165, 1.54) is 0 Å². The standard InChI is InChI=1S/C17H18Cl4O3Si/c1-22-11-7-5-10(6-8-11)9-23-16-12(18)14(20)17(15(21)13(16)19)24-25(2,3)4/h5-8H,9H2,1-4H3. The summed E-state index contributed by atoms with van der Waals surface area (Å²) in [5, 5.41) is 0.752. The van der Waals surface area contributed by atoms with E-state index in [2.05, 4.69) is 0 Å². The average molecular weight is 440 g/mol. The zero-order valence-corrected chi connectivity index (χ0v) is 18.3. The van der Waals surface area contributed by atoms with Crippen LogP contribution in [-0.4, -0.2) is 15.4 Å². The van der Waals surface area contributed by atoms with Crippen LogP contribution in [0.15, 0.2) is 24.3 Å². The zero-order valence-electron chi connectivity index (χ0n) is 14.3. The Labute approximate surface area is 168 Å². The van der Waals surface area contributed by atoms with Gasteiger partial charge in [0.05, 0.1) is 7.11 Å². The van der Waals surface area contributed by atoms with Crippen LogP contribution in [0.1, 0.15) is 5.56 Å². The van der Waals surface area contributed by atoms with Crippen LogP contribution in [0.25, 0.3) is 0 Å². The van der Waals surface area contributed by atoms with E-state index in [0.29, 0.717) is 5.75 Å². The Morgan fingerprint density at radius 2 is 1.28 bits per heavy atom. The van der Waals surface area contributed by atoms with Gasteiger partial charge in [-0.1, -0.05) is 58.5 Å². The quantitative estimate of drug-likeness (QED) is 0.354. The van der Waals surface area contributed by atoms with Crippen LogP contribution in [0.2, 0.25) is 39.7 Å². The highest BCUT2D eigenvalue weighted by Gasteiger charge is 2.27. The van der Waals surface area contributed by atoms with Crippen LogP contribution in [0.4, 0.5) is 0 Å². The smallest absolute Gasteiger partial charge is 0.242 e. The van der Waals surface area contributed by atoms with Crippen molar-refractivity contribution in [3.05, 3.63) is 49.9 Å². The van der Waals surface area contributed by atoms with E-state index in [4.69, 9.17) is 60.3 Å². The number of hydrogen-bond acceptors (Lipinski definition) is 3. The van der Waals surface area contributed by atoms with Crippen molar-refractivity contribution in [3.8, 4) is 17.2 Å². The molecule has 0 atom stereocenters. The molecule has 25 heavy (non-hydrogen) atoms. The molecule has 2 rings (SSSR count). The van der Waals surface area contributed by atoms with Gasteiger partial charge in [0.25, 0.3) is 0 Å². The molecule has 0 spiro atoms. The summed E-state index contributed by atoms with van der Waals surface area (Å²) in [5.41, 5.74) is 0.919. The van der Waals surface area contributed by atoms with E-state index < -0.39 is 8.32 Å². The molecule has 0 heterocycles. The van der Waals surface area contributed by atoms with E-state index in [9.17, 15) is 0 Å². The first-order valence-corrected chi connectivity index (χ1v) is 12.4. The van der Waals surface area contributed by atoms with Gasteiger partial charge in [0.2, 0.25) is 8.32 Å². The summed E-state index contributed by atoms with van der Waals surface area (Å²) >= 11 is 25.3. The Hall–Kier alpha value is -0.783. The van der Waals surface area contributed by atoms with E-state index in [1.54, 1.807) is 7.11 Å². The molecule has 0 saturated heterocycles. The minimum atomic E-state index is -1.94. The van der Waals surface area contributed by atoms with Gasteiger partial charge in [0.1, 0.15) is 38.2 Å². The number of benzene rings is 2. The Morgan fingerprint density at radius 3 is 1.72 bits per heavy atom. The number of methoxy groups -OCH3 is 1. The molecule has 0 bridgehead atoms. The Morgan fingerprint density at radius 1 is 0.800 bits per heavy atom. The molecular formula is C17H18Cl4O3Si. The summed E-state index contributed by atoms with van der Waals surface area (Å²) in [6, 6.07) is 7.44.